The molecule has 1 saturated carbocycles. The minimum atomic E-state index is -1.01. The average molecular weight is 251 g/mol. The predicted molar refractivity (Wildman–Crippen MR) is 70.1 cm³/mol. The monoisotopic (exact) mass is 251 g/mol. The number of ether oxygens (including phenoxy) is 2. The van der Waals surface area contributed by atoms with Crippen molar-refractivity contribution in [2.24, 2.45) is 0 Å². The van der Waals surface area contributed by atoms with Crippen molar-refractivity contribution in [1.29, 1.82) is 0 Å². The minimum Gasteiger partial charge on any atom is -0.496 e. The third-order valence-electron chi connectivity index (χ3n) is 3.28. The Morgan fingerprint density at radius 2 is 1.83 bits per heavy atom. The third kappa shape index (κ3) is 2.76. The molecule has 0 aliphatic heterocycles. The number of hydrogen-bond acceptors (Lipinski definition) is 4. The lowest BCUT2D eigenvalue weighted by Gasteiger charge is -2.28. The Balaban J connectivity index is 2.27. The van der Waals surface area contributed by atoms with Gasteiger partial charge in [0.15, 0.2) is 0 Å². The zero-order chi connectivity index (χ0) is 13.2. The SMILES string of the molecule is COc1cccc(OC)c1C(C)(O)CNC1CC1. The summed E-state index contributed by atoms with van der Waals surface area (Å²) < 4.78 is 10.7. The van der Waals surface area contributed by atoms with Crippen molar-refractivity contribution in [2.45, 2.75) is 31.4 Å². The van der Waals surface area contributed by atoms with Crippen LogP contribution in [0.1, 0.15) is 25.3 Å². The Hall–Kier alpha value is -1.26. The molecule has 2 rings (SSSR count). The molecule has 0 spiro atoms. The highest BCUT2D eigenvalue weighted by Gasteiger charge is 2.32. The first kappa shape index (κ1) is 13.2. The smallest absolute Gasteiger partial charge is 0.128 e. The second-order valence-corrected chi connectivity index (χ2v) is 4.97. The van der Waals surface area contributed by atoms with E-state index in [1.165, 1.54) is 12.8 Å². The summed E-state index contributed by atoms with van der Waals surface area (Å²) in [4.78, 5) is 0. The molecule has 2 N–H and O–H groups in total. The van der Waals surface area contributed by atoms with Gasteiger partial charge in [0.25, 0.3) is 0 Å². The zero-order valence-electron chi connectivity index (χ0n) is 11.2. The normalized spacial score (nSPS) is 18.2. The van der Waals surface area contributed by atoms with Crippen LogP contribution in [0.4, 0.5) is 0 Å². The van der Waals surface area contributed by atoms with Crippen molar-refractivity contribution in [3.8, 4) is 11.5 Å². The average Bonchev–Trinajstić information content (AvgIpc) is 3.19. The summed E-state index contributed by atoms with van der Waals surface area (Å²) in [6.45, 7) is 2.27. The number of hydrogen-bond donors (Lipinski definition) is 2. The van der Waals surface area contributed by atoms with Gasteiger partial charge in [-0.2, -0.15) is 0 Å². The van der Waals surface area contributed by atoms with Crippen molar-refractivity contribution in [1.82, 2.24) is 5.32 Å². The molecule has 0 bridgehead atoms. The molecular formula is C14H21NO3. The summed E-state index contributed by atoms with van der Waals surface area (Å²) in [5, 5.41) is 14.0. The highest BCUT2D eigenvalue weighted by molar-refractivity contribution is 5.48. The van der Waals surface area contributed by atoms with Gasteiger partial charge in [-0.3, -0.25) is 0 Å². The number of methoxy groups -OCH3 is 2. The molecule has 1 unspecified atom stereocenters. The number of aliphatic hydroxyl groups is 1. The van der Waals surface area contributed by atoms with E-state index in [1.54, 1.807) is 21.1 Å². The quantitative estimate of drug-likeness (QED) is 0.807. The van der Waals surface area contributed by atoms with E-state index < -0.39 is 5.60 Å². The van der Waals surface area contributed by atoms with Crippen LogP contribution in [-0.4, -0.2) is 31.9 Å². The molecule has 0 saturated heterocycles. The first-order chi connectivity index (χ1) is 8.58. The molecule has 1 aromatic carbocycles. The van der Waals surface area contributed by atoms with Crippen LogP contribution in [0.25, 0.3) is 0 Å². The van der Waals surface area contributed by atoms with Gasteiger partial charge in [-0.1, -0.05) is 6.07 Å². The molecular weight excluding hydrogens is 230 g/mol. The molecule has 0 heterocycles. The van der Waals surface area contributed by atoms with Gasteiger partial charge < -0.3 is 19.9 Å². The molecule has 18 heavy (non-hydrogen) atoms. The van der Waals surface area contributed by atoms with Crippen LogP contribution in [0.2, 0.25) is 0 Å². The maximum absolute atomic E-state index is 10.7. The van der Waals surface area contributed by atoms with E-state index in [9.17, 15) is 5.11 Å². The molecule has 1 aliphatic rings. The Morgan fingerprint density at radius 1 is 1.28 bits per heavy atom. The van der Waals surface area contributed by atoms with Crippen molar-refractivity contribution in [2.75, 3.05) is 20.8 Å². The first-order valence-electron chi connectivity index (χ1n) is 6.25. The highest BCUT2D eigenvalue weighted by Crippen LogP contribution is 2.37. The van der Waals surface area contributed by atoms with Gasteiger partial charge in [0.2, 0.25) is 0 Å². The van der Waals surface area contributed by atoms with E-state index in [-0.39, 0.29) is 0 Å². The summed E-state index contributed by atoms with van der Waals surface area (Å²) in [5.74, 6) is 1.30. The van der Waals surface area contributed by atoms with E-state index in [0.717, 1.165) is 0 Å². The van der Waals surface area contributed by atoms with E-state index in [2.05, 4.69) is 5.32 Å². The van der Waals surface area contributed by atoms with Gasteiger partial charge in [0.05, 0.1) is 19.8 Å². The van der Waals surface area contributed by atoms with Crippen LogP contribution in [-0.2, 0) is 5.60 Å². The Labute approximate surface area is 108 Å². The van der Waals surface area contributed by atoms with E-state index in [4.69, 9.17) is 9.47 Å². The lowest BCUT2D eigenvalue weighted by atomic mass is 9.93. The fraction of sp³-hybridized carbons (Fsp3) is 0.571. The second-order valence-electron chi connectivity index (χ2n) is 4.97. The minimum absolute atomic E-state index is 0.494. The van der Waals surface area contributed by atoms with E-state index >= 15 is 0 Å². The standard InChI is InChI=1S/C14H21NO3/c1-14(16,9-15-10-7-8-10)13-11(17-2)5-4-6-12(13)18-3/h4-6,10,15-16H,7-9H2,1-3H3. The number of rotatable bonds is 6. The molecule has 1 aromatic rings. The van der Waals surface area contributed by atoms with Crippen LogP contribution in [0.3, 0.4) is 0 Å². The van der Waals surface area contributed by atoms with Crippen LogP contribution in [0.15, 0.2) is 18.2 Å². The predicted octanol–water partition coefficient (Wildman–Crippen LogP) is 1.66. The number of benzene rings is 1. The Bertz CT molecular complexity index is 391. The lowest BCUT2D eigenvalue weighted by molar-refractivity contribution is 0.0513. The van der Waals surface area contributed by atoms with E-state index in [1.807, 2.05) is 18.2 Å². The van der Waals surface area contributed by atoms with Crippen molar-refractivity contribution in [3.05, 3.63) is 23.8 Å². The molecule has 0 radical (unpaired) electrons. The summed E-state index contributed by atoms with van der Waals surface area (Å²) in [6.07, 6.45) is 2.39. The fourth-order valence-corrected chi connectivity index (χ4v) is 2.10. The highest BCUT2D eigenvalue weighted by atomic mass is 16.5. The fourth-order valence-electron chi connectivity index (χ4n) is 2.10. The van der Waals surface area contributed by atoms with Crippen LogP contribution >= 0.6 is 0 Å². The maximum atomic E-state index is 10.7. The molecule has 0 aromatic heterocycles. The van der Waals surface area contributed by atoms with Gasteiger partial charge >= 0.3 is 0 Å². The van der Waals surface area contributed by atoms with Gasteiger partial charge in [0.1, 0.15) is 17.1 Å². The summed E-state index contributed by atoms with van der Waals surface area (Å²) in [7, 11) is 3.20. The molecule has 1 aliphatic carbocycles. The largest absolute Gasteiger partial charge is 0.496 e. The lowest BCUT2D eigenvalue weighted by Crippen LogP contribution is -2.37. The molecule has 0 amide bonds. The van der Waals surface area contributed by atoms with Crippen LogP contribution < -0.4 is 14.8 Å². The molecule has 100 valence electrons. The van der Waals surface area contributed by atoms with Crippen molar-refractivity contribution in [3.63, 3.8) is 0 Å². The molecule has 4 nitrogen and oxygen atoms in total. The summed E-state index contributed by atoms with van der Waals surface area (Å²) >= 11 is 0. The van der Waals surface area contributed by atoms with E-state index in [0.29, 0.717) is 29.6 Å². The van der Waals surface area contributed by atoms with Crippen LogP contribution in [0, 0.1) is 0 Å². The van der Waals surface area contributed by atoms with Gasteiger partial charge in [0, 0.05) is 12.6 Å². The molecule has 1 fully saturated rings. The Kier molecular flexibility index (Phi) is 3.78. The third-order valence-corrected chi connectivity index (χ3v) is 3.28. The van der Waals surface area contributed by atoms with Gasteiger partial charge in [-0.15, -0.1) is 0 Å². The number of nitrogens with one attached hydrogen (secondary N) is 1. The maximum Gasteiger partial charge on any atom is 0.128 e. The zero-order valence-corrected chi connectivity index (χ0v) is 11.2. The Morgan fingerprint density at radius 3 is 2.28 bits per heavy atom. The van der Waals surface area contributed by atoms with Crippen molar-refractivity contribution < 1.29 is 14.6 Å². The molecule has 1 atom stereocenters. The van der Waals surface area contributed by atoms with Crippen molar-refractivity contribution >= 4 is 0 Å². The summed E-state index contributed by atoms with van der Waals surface area (Å²) in [5.41, 5.74) is -0.316. The second kappa shape index (κ2) is 5.16. The van der Waals surface area contributed by atoms with Gasteiger partial charge in [-0.05, 0) is 31.9 Å². The summed E-state index contributed by atoms with van der Waals surface area (Å²) in [6, 6.07) is 6.08. The van der Waals surface area contributed by atoms with Gasteiger partial charge in [-0.25, -0.2) is 0 Å². The molecule has 4 heteroatoms. The van der Waals surface area contributed by atoms with Crippen LogP contribution in [0.5, 0.6) is 11.5 Å². The first-order valence-corrected chi connectivity index (χ1v) is 6.25. The topological polar surface area (TPSA) is 50.7 Å².